The molecule has 2 N–H and O–H groups in total. The molecule has 3 heteroatoms. The fourth-order valence-corrected chi connectivity index (χ4v) is 2.49. The quantitative estimate of drug-likeness (QED) is 0.611. The average molecular weight is 183 g/mol. The van der Waals surface area contributed by atoms with E-state index in [1.165, 1.54) is 0 Å². The Hall–Kier alpha value is -0.380. The second-order valence-corrected chi connectivity index (χ2v) is 4.41. The van der Waals surface area contributed by atoms with E-state index < -0.39 is 0 Å². The van der Waals surface area contributed by atoms with Crippen LogP contribution in [0, 0.1) is 0 Å². The molecule has 0 aliphatic carbocycles. The van der Waals surface area contributed by atoms with Crippen LogP contribution in [0.5, 0.6) is 0 Å². The van der Waals surface area contributed by atoms with Crippen molar-refractivity contribution in [3.05, 3.63) is 12.2 Å². The Labute approximate surface area is 78.8 Å². The maximum absolute atomic E-state index is 9.70. The largest absolute Gasteiger partial charge is 0.393 e. The molecule has 3 nitrogen and oxygen atoms in total. The summed E-state index contributed by atoms with van der Waals surface area (Å²) in [6.07, 6.45) is 5.37. The van der Waals surface area contributed by atoms with E-state index in [4.69, 9.17) is 4.74 Å². The number of hydrogen-bond donors (Lipinski definition) is 2. The molecule has 0 radical (unpaired) electrons. The van der Waals surface area contributed by atoms with Crippen molar-refractivity contribution in [1.82, 2.24) is 5.32 Å². The highest BCUT2D eigenvalue weighted by Crippen LogP contribution is 2.42. The van der Waals surface area contributed by atoms with Crippen molar-refractivity contribution in [1.29, 1.82) is 0 Å². The Balaban J connectivity index is 2.19. The second kappa shape index (κ2) is 2.80. The summed E-state index contributed by atoms with van der Waals surface area (Å²) in [6, 6.07) is 0. The molecular formula is C10H17NO2. The molecule has 2 rings (SSSR count). The van der Waals surface area contributed by atoms with E-state index >= 15 is 0 Å². The van der Waals surface area contributed by atoms with Gasteiger partial charge in [-0.15, -0.1) is 0 Å². The summed E-state index contributed by atoms with van der Waals surface area (Å²) in [5.41, 5.74) is -0.504. The van der Waals surface area contributed by atoms with Crippen LogP contribution >= 0.6 is 0 Å². The minimum Gasteiger partial charge on any atom is -0.393 e. The van der Waals surface area contributed by atoms with Crippen LogP contribution in [0.2, 0.25) is 0 Å². The molecule has 74 valence electrons. The molecule has 1 saturated heterocycles. The normalized spacial score (nSPS) is 48.4. The lowest BCUT2D eigenvalue weighted by atomic mass is 9.90. The zero-order chi connectivity index (χ0) is 9.53. The third kappa shape index (κ3) is 1.52. The summed E-state index contributed by atoms with van der Waals surface area (Å²) in [5, 5.41) is 12.8. The maximum Gasteiger partial charge on any atom is 0.102 e. The fourth-order valence-electron chi connectivity index (χ4n) is 2.49. The zero-order valence-electron chi connectivity index (χ0n) is 8.21. The number of hydrogen-bond acceptors (Lipinski definition) is 3. The molecule has 13 heavy (non-hydrogen) atoms. The smallest absolute Gasteiger partial charge is 0.102 e. The first-order valence-corrected chi connectivity index (χ1v) is 4.81. The first-order valence-electron chi connectivity index (χ1n) is 4.81. The molecule has 0 aromatic heterocycles. The molecule has 2 bridgehead atoms. The Kier molecular flexibility index (Phi) is 1.98. The first-order chi connectivity index (χ1) is 6.08. The van der Waals surface area contributed by atoms with Gasteiger partial charge in [0.15, 0.2) is 0 Å². The van der Waals surface area contributed by atoms with Crippen molar-refractivity contribution in [3.8, 4) is 0 Å². The van der Waals surface area contributed by atoms with Gasteiger partial charge in [-0.3, -0.25) is 0 Å². The molecule has 0 aromatic carbocycles. The molecule has 2 aliphatic heterocycles. The minimum atomic E-state index is -0.263. The third-order valence-electron chi connectivity index (χ3n) is 2.87. The highest BCUT2D eigenvalue weighted by molar-refractivity contribution is 5.21. The second-order valence-electron chi connectivity index (χ2n) is 4.41. The van der Waals surface area contributed by atoms with E-state index in [0.717, 1.165) is 13.0 Å². The van der Waals surface area contributed by atoms with Crippen LogP contribution in [0.4, 0.5) is 0 Å². The minimum absolute atomic E-state index is 0.234. The number of fused-ring (bicyclic) bond motifs is 2. The van der Waals surface area contributed by atoms with Crippen LogP contribution < -0.4 is 5.32 Å². The molecule has 3 atom stereocenters. The van der Waals surface area contributed by atoms with Gasteiger partial charge in [0.25, 0.3) is 0 Å². The summed E-state index contributed by atoms with van der Waals surface area (Å²) >= 11 is 0. The Morgan fingerprint density at radius 1 is 1.54 bits per heavy atom. The van der Waals surface area contributed by atoms with Crippen LogP contribution in [0.1, 0.15) is 19.8 Å². The van der Waals surface area contributed by atoms with E-state index in [-0.39, 0.29) is 17.3 Å². The molecule has 0 saturated carbocycles. The summed E-state index contributed by atoms with van der Waals surface area (Å²) in [4.78, 5) is 0. The lowest BCUT2D eigenvalue weighted by molar-refractivity contribution is -0.148. The highest BCUT2D eigenvalue weighted by Gasteiger charge is 2.48. The summed E-state index contributed by atoms with van der Waals surface area (Å²) in [6.45, 7) is 2.80. The van der Waals surface area contributed by atoms with Crippen LogP contribution in [0.25, 0.3) is 0 Å². The summed E-state index contributed by atoms with van der Waals surface area (Å²) in [5.74, 6) is 0. The van der Waals surface area contributed by atoms with Crippen LogP contribution in [0.15, 0.2) is 12.2 Å². The number of ether oxygens (including phenoxy) is 1. The molecule has 2 aliphatic rings. The lowest BCUT2D eigenvalue weighted by Gasteiger charge is -2.41. The zero-order valence-corrected chi connectivity index (χ0v) is 8.21. The van der Waals surface area contributed by atoms with Crippen molar-refractivity contribution in [2.45, 2.75) is 37.1 Å². The molecule has 0 amide bonds. The molecule has 0 spiro atoms. The SMILES string of the molecule is CNC[C@]12C=C[C@@](C)(C[C@@H](O)C1)O2. The van der Waals surface area contributed by atoms with Crippen molar-refractivity contribution in [2.75, 3.05) is 13.6 Å². The fraction of sp³-hybridized carbons (Fsp3) is 0.800. The number of nitrogens with one attached hydrogen (secondary N) is 1. The van der Waals surface area contributed by atoms with Gasteiger partial charge in [0.1, 0.15) is 5.60 Å². The number of likely N-dealkylation sites (N-methyl/N-ethyl adjacent to an activating group) is 1. The third-order valence-corrected chi connectivity index (χ3v) is 2.87. The Bertz CT molecular complexity index is 241. The van der Waals surface area contributed by atoms with E-state index in [2.05, 4.69) is 17.5 Å². The van der Waals surface area contributed by atoms with Gasteiger partial charge < -0.3 is 15.2 Å². The standard InChI is InChI=1S/C10H17NO2/c1-9-3-4-10(13-9,7-11-2)6-8(12)5-9/h3-4,8,11-12H,5-7H2,1-2H3/t8-,9+,10+/m1/s1. The van der Waals surface area contributed by atoms with Gasteiger partial charge in [-0.05, 0) is 14.0 Å². The highest BCUT2D eigenvalue weighted by atomic mass is 16.5. The topological polar surface area (TPSA) is 41.5 Å². The maximum atomic E-state index is 9.70. The lowest BCUT2D eigenvalue weighted by Crippen LogP contribution is -2.50. The van der Waals surface area contributed by atoms with Crippen LogP contribution in [-0.4, -0.2) is 36.0 Å². The summed E-state index contributed by atoms with van der Waals surface area (Å²) in [7, 11) is 1.91. The van der Waals surface area contributed by atoms with Gasteiger partial charge >= 0.3 is 0 Å². The van der Waals surface area contributed by atoms with Gasteiger partial charge in [0, 0.05) is 19.4 Å². The molecule has 2 heterocycles. The molecule has 1 fully saturated rings. The van der Waals surface area contributed by atoms with Crippen LogP contribution in [0.3, 0.4) is 0 Å². The Morgan fingerprint density at radius 2 is 2.31 bits per heavy atom. The Morgan fingerprint density at radius 3 is 3.00 bits per heavy atom. The van der Waals surface area contributed by atoms with Crippen molar-refractivity contribution in [2.24, 2.45) is 0 Å². The monoisotopic (exact) mass is 183 g/mol. The van der Waals surface area contributed by atoms with Crippen LogP contribution in [-0.2, 0) is 4.74 Å². The molecule has 0 aromatic rings. The predicted octanol–water partition coefficient (Wildman–Crippen LogP) is 0.444. The van der Waals surface area contributed by atoms with Gasteiger partial charge in [-0.1, -0.05) is 12.2 Å². The molecule has 0 unspecified atom stereocenters. The average Bonchev–Trinajstić information content (AvgIpc) is 2.22. The van der Waals surface area contributed by atoms with E-state index in [0.29, 0.717) is 6.42 Å². The van der Waals surface area contributed by atoms with Gasteiger partial charge in [0.2, 0.25) is 0 Å². The molecular weight excluding hydrogens is 166 g/mol. The van der Waals surface area contributed by atoms with Gasteiger partial charge in [-0.25, -0.2) is 0 Å². The predicted molar refractivity (Wildman–Crippen MR) is 50.5 cm³/mol. The van der Waals surface area contributed by atoms with Gasteiger partial charge in [0.05, 0.1) is 11.7 Å². The van der Waals surface area contributed by atoms with Crippen molar-refractivity contribution in [3.63, 3.8) is 0 Å². The first kappa shape index (κ1) is 9.19. The number of aliphatic hydroxyl groups is 1. The van der Waals surface area contributed by atoms with Crippen molar-refractivity contribution < 1.29 is 9.84 Å². The van der Waals surface area contributed by atoms with Gasteiger partial charge in [-0.2, -0.15) is 0 Å². The van der Waals surface area contributed by atoms with E-state index in [1.54, 1.807) is 0 Å². The van der Waals surface area contributed by atoms with Crippen molar-refractivity contribution >= 4 is 0 Å². The number of aliphatic hydroxyl groups excluding tert-OH is 1. The number of rotatable bonds is 2. The van der Waals surface area contributed by atoms with E-state index in [9.17, 15) is 5.11 Å². The van der Waals surface area contributed by atoms with E-state index in [1.807, 2.05) is 14.0 Å². The summed E-state index contributed by atoms with van der Waals surface area (Å²) < 4.78 is 5.95.